The van der Waals surface area contributed by atoms with Crippen molar-refractivity contribution in [2.24, 2.45) is 4.99 Å². The number of nitrogens with one attached hydrogen (secondary N) is 2. The van der Waals surface area contributed by atoms with Gasteiger partial charge in [-0.1, -0.05) is 24.3 Å². The van der Waals surface area contributed by atoms with Crippen molar-refractivity contribution in [1.82, 2.24) is 15.5 Å². The molecule has 0 atom stereocenters. The zero-order valence-electron chi connectivity index (χ0n) is 15.8. The SMILES string of the molecule is CN=C(NCc1ccc(CN2CCCC2=O)cc1)NCc1sccc1C.I. The number of hydrogen-bond acceptors (Lipinski definition) is 3. The summed E-state index contributed by atoms with van der Waals surface area (Å²) in [6, 6.07) is 10.6. The van der Waals surface area contributed by atoms with Crippen LogP contribution in [-0.4, -0.2) is 30.4 Å². The number of carbonyl (C=O) groups excluding carboxylic acids is 1. The molecule has 1 amide bonds. The van der Waals surface area contributed by atoms with Gasteiger partial charge >= 0.3 is 0 Å². The molecule has 1 aromatic carbocycles. The molecule has 1 fully saturated rings. The Bertz CT molecular complexity index is 773. The summed E-state index contributed by atoms with van der Waals surface area (Å²) in [5, 5.41) is 8.81. The first kappa shape index (κ1) is 21.7. The Balaban J connectivity index is 0.00000261. The van der Waals surface area contributed by atoms with E-state index in [1.54, 1.807) is 18.4 Å². The lowest BCUT2D eigenvalue weighted by Gasteiger charge is -2.16. The quantitative estimate of drug-likeness (QED) is 0.363. The number of nitrogens with zero attached hydrogens (tertiary/aromatic N) is 2. The van der Waals surface area contributed by atoms with Crippen molar-refractivity contribution < 1.29 is 4.79 Å². The number of halogens is 1. The standard InChI is InChI=1S/C20H26N4OS.HI/c1-15-9-11-26-18(15)13-23-20(21-2)22-12-16-5-7-17(8-6-16)14-24-10-3-4-19(24)25;/h5-9,11H,3-4,10,12-14H2,1-2H3,(H2,21,22,23);1H. The third kappa shape index (κ3) is 6.21. The molecule has 0 radical (unpaired) electrons. The van der Waals surface area contributed by atoms with Gasteiger partial charge in [-0.2, -0.15) is 0 Å². The summed E-state index contributed by atoms with van der Waals surface area (Å²) in [5.74, 6) is 1.07. The molecule has 7 heteroatoms. The van der Waals surface area contributed by atoms with E-state index in [4.69, 9.17) is 0 Å². The molecule has 3 rings (SSSR count). The number of likely N-dealkylation sites (tertiary alicyclic amines) is 1. The van der Waals surface area contributed by atoms with Crippen LogP contribution in [0.2, 0.25) is 0 Å². The Hall–Kier alpha value is -1.61. The molecule has 1 aliphatic rings. The Kier molecular flexibility index (Phi) is 8.56. The van der Waals surface area contributed by atoms with E-state index >= 15 is 0 Å². The van der Waals surface area contributed by atoms with E-state index in [0.29, 0.717) is 13.0 Å². The molecule has 27 heavy (non-hydrogen) atoms. The molecule has 2 N–H and O–H groups in total. The zero-order valence-corrected chi connectivity index (χ0v) is 19.0. The lowest BCUT2D eigenvalue weighted by atomic mass is 10.1. The van der Waals surface area contributed by atoms with Crippen molar-refractivity contribution in [1.29, 1.82) is 0 Å². The second-order valence-electron chi connectivity index (χ2n) is 6.54. The van der Waals surface area contributed by atoms with E-state index in [0.717, 1.165) is 32.0 Å². The van der Waals surface area contributed by atoms with E-state index < -0.39 is 0 Å². The van der Waals surface area contributed by atoms with E-state index in [-0.39, 0.29) is 29.9 Å². The molecule has 2 heterocycles. The van der Waals surface area contributed by atoms with Gasteiger partial charge in [-0.3, -0.25) is 9.79 Å². The lowest BCUT2D eigenvalue weighted by Crippen LogP contribution is -2.36. The number of thiophene rings is 1. The highest BCUT2D eigenvalue weighted by Gasteiger charge is 2.19. The predicted molar refractivity (Wildman–Crippen MR) is 123 cm³/mol. The number of rotatable bonds is 6. The maximum Gasteiger partial charge on any atom is 0.222 e. The van der Waals surface area contributed by atoms with Crippen LogP contribution >= 0.6 is 35.3 Å². The lowest BCUT2D eigenvalue weighted by molar-refractivity contribution is -0.128. The maximum atomic E-state index is 11.7. The summed E-state index contributed by atoms with van der Waals surface area (Å²) in [6.45, 7) is 5.22. The first-order valence-corrected chi connectivity index (χ1v) is 9.87. The summed E-state index contributed by atoms with van der Waals surface area (Å²) in [5.41, 5.74) is 3.68. The van der Waals surface area contributed by atoms with Crippen molar-refractivity contribution in [3.63, 3.8) is 0 Å². The molecule has 0 spiro atoms. The smallest absolute Gasteiger partial charge is 0.222 e. The van der Waals surface area contributed by atoms with Gasteiger partial charge in [0.15, 0.2) is 5.96 Å². The van der Waals surface area contributed by atoms with Gasteiger partial charge in [0.05, 0.1) is 6.54 Å². The number of amides is 1. The van der Waals surface area contributed by atoms with Crippen LogP contribution in [-0.2, 0) is 24.4 Å². The van der Waals surface area contributed by atoms with Crippen molar-refractivity contribution >= 4 is 47.2 Å². The summed E-state index contributed by atoms with van der Waals surface area (Å²) in [6.07, 6.45) is 1.68. The highest BCUT2D eigenvalue weighted by Crippen LogP contribution is 2.15. The van der Waals surface area contributed by atoms with Gasteiger partial charge in [0, 0.05) is 38.0 Å². The van der Waals surface area contributed by atoms with Crippen molar-refractivity contribution in [3.8, 4) is 0 Å². The number of guanidine groups is 1. The minimum Gasteiger partial charge on any atom is -0.352 e. The molecule has 5 nitrogen and oxygen atoms in total. The van der Waals surface area contributed by atoms with Crippen LogP contribution in [0, 0.1) is 6.92 Å². The Morgan fingerprint density at radius 1 is 1.15 bits per heavy atom. The fourth-order valence-corrected chi connectivity index (χ4v) is 3.86. The third-order valence-electron chi connectivity index (χ3n) is 4.64. The van der Waals surface area contributed by atoms with Crippen LogP contribution in [0.4, 0.5) is 0 Å². The molecule has 0 saturated carbocycles. The molecule has 1 saturated heterocycles. The number of aryl methyl sites for hydroxylation is 1. The Morgan fingerprint density at radius 2 is 1.85 bits per heavy atom. The molecule has 0 aliphatic carbocycles. The van der Waals surface area contributed by atoms with Gasteiger partial charge in [-0.25, -0.2) is 0 Å². The first-order chi connectivity index (χ1) is 12.7. The van der Waals surface area contributed by atoms with Gasteiger partial charge in [0.1, 0.15) is 0 Å². The molecular formula is C20H27IN4OS. The molecule has 2 aromatic rings. The van der Waals surface area contributed by atoms with Crippen molar-refractivity contribution in [2.45, 2.75) is 39.4 Å². The fourth-order valence-electron chi connectivity index (χ4n) is 3.01. The second kappa shape index (κ2) is 10.7. The zero-order chi connectivity index (χ0) is 18.4. The van der Waals surface area contributed by atoms with Crippen LogP contribution in [0.1, 0.15) is 34.4 Å². The van der Waals surface area contributed by atoms with Crippen LogP contribution in [0.5, 0.6) is 0 Å². The first-order valence-electron chi connectivity index (χ1n) is 8.99. The van der Waals surface area contributed by atoms with Gasteiger partial charge in [0.2, 0.25) is 5.91 Å². The number of benzene rings is 1. The van der Waals surface area contributed by atoms with Gasteiger partial charge in [0.25, 0.3) is 0 Å². The van der Waals surface area contributed by atoms with Crippen molar-refractivity contribution in [3.05, 3.63) is 57.3 Å². The fraction of sp³-hybridized carbons (Fsp3) is 0.400. The Morgan fingerprint density at radius 3 is 2.44 bits per heavy atom. The minimum atomic E-state index is 0. The molecule has 1 aliphatic heterocycles. The van der Waals surface area contributed by atoms with Crippen LogP contribution in [0.15, 0.2) is 40.7 Å². The highest BCUT2D eigenvalue weighted by atomic mass is 127. The van der Waals surface area contributed by atoms with Gasteiger partial charge < -0.3 is 15.5 Å². The van der Waals surface area contributed by atoms with E-state index in [1.165, 1.54) is 21.6 Å². The highest BCUT2D eigenvalue weighted by molar-refractivity contribution is 14.0. The maximum absolute atomic E-state index is 11.7. The predicted octanol–water partition coefficient (Wildman–Crippen LogP) is 3.66. The molecular weight excluding hydrogens is 471 g/mol. The molecule has 0 unspecified atom stereocenters. The molecule has 1 aromatic heterocycles. The number of hydrogen-bond donors (Lipinski definition) is 2. The topological polar surface area (TPSA) is 56.7 Å². The average molecular weight is 498 g/mol. The normalized spacial score (nSPS) is 14.2. The molecule has 146 valence electrons. The van der Waals surface area contributed by atoms with Gasteiger partial charge in [-0.05, 0) is 41.5 Å². The monoisotopic (exact) mass is 498 g/mol. The summed E-state index contributed by atoms with van der Waals surface area (Å²) < 4.78 is 0. The average Bonchev–Trinajstić information content (AvgIpc) is 3.25. The van der Waals surface area contributed by atoms with E-state index in [1.807, 2.05) is 4.90 Å². The van der Waals surface area contributed by atoms with Crippen LogP contribution in [0.3, 0.4) is 0 Å². The van der Waals surface area contributed by atoms with E-state index in [2.05, 4.69) is 58.3 Å². The summed E-state index contributed by atoms with van der Waals surface area (Å²) >= 11 is 1.76. The third-order valence-corrected chi connectivity index (χ3v) is 5.66. The van der Waals surface area contributed by atoms with E-state index in [9.17, 15) is 4.79 Å². The second-order valence-corrected chi connectivity index (χ2v) is 7.54. The van der Waals surface area contributed by atoms with Crippen LogP contribution < -0.4 is 10.6 Å². The minimum absolute atomic E-state index is 0. The largest absolute Gasteiger partial charge is 0.352 e. The number of carbonyl (C=O) groups is 1. The Labute approximate surface area is 182 Å². The van der Waals surface area contributed by atoms with Crippen LogP contribution in [0.25, 0.3) is 0 Å². The van der Waals surface area contributed by atoms with Crippen molar-refractivity contribution in [2.75, 3.05) is 13.6 Å². The van der Waals surface area contributed by atoms with Gasteiger partial charge in [-0.15, -0.1) is 35.3 Å². The summed E-state index contributed by atoms with van der Waals surface area (Å²) in [4.78, 5) is 19.3. The molecule has 0 bridgehead atoms. The summed E-state index contributed by atoms with van der Waals surface area (Å²) in [7, 11) is 1.78. The number of aliphatic imine (C=N–C) groups is 1.